The van der Waals surface area contributed by atoms with Crippen molar-refractivity contribution in [2.45, 2.75) is 45.6 Å². The van der Waals surface area contributed by atoms with E-state index >= 15 is 0 Å². The van der Waals surface area contributed by atoms with E-state index in [1.165, 1.54) is 32.4 Å². The normalized spacial score (nSPS) is 24.3. The van der Waals surface area contributed by atoms with Crippen LogP contribution in [-0.2, 0) is 4.74 Å². The maximum Gasteiger partial charge on any atom is 0.150 e. The number of aromatic nitrogens is 2. The zero-order chi connectivity index (χ0) is 15.4. The second-order valence-electron chi connectivity index (χ2n) is 6.57. The number of nitrogens with zero attached hydrogens (tertiary/aromatic N) is 4. The van der Waals surface area contributed by atoms with Crippen LogP contribution in [0.5, 0.6) is 0 Å². The van der Waals surface area contributed by atoms with Crippen LogP contribution in [0.2, 0.25) is 0 Å². The molecule has 0 aromatic carbocycles. The molecule has 0 spiro atoms. The molecule has 2 aliphatic heterocycles. The quantitative estimate of drug-likeness (QED) is 0.856. The van der Waals surface area contributed by atoms with Gasteiger partial charge in [-0.2, -0.15) is 0 Å². The molecule has 5 heteroatoms. The minimum absolute atomic E-state index is 0.280. The molecule has 5 nitrogen and oxygen atoms in total. The third-order valence-corrected chi connectivity index (χ3v) is 4.61. The summed E-state index contributed by atoms with van der Waals surface area (Å²) >= 11 is 0. The van der Waals surface area contributed by atoms with E-state index in [-0.39, 0.29) is 6.10 Å². The molecule has 0 bridgehead atoms. The van der Waals surface area contributed by atoms with Gasteiger partial charge in [-0.3, -0.25) is 4.98 Å². The highest BCUT2D eigenvalue weighted by Gasteiger charge is 2.24. The van der Waals surface area contributed by atoms with E-state index in [9.17, 15) is 0 Å². The smallest absolute Gasteiger partial charge is 0.150 e. The lowest BCUT2D eigenvalue weighted by Gasteiger charge is -2.32. The summed E-state index contributed by atoms with van der Waals surface area (Å²) in [7, 11) is 0. The van der Waals surface area contributed by atoms with E-state index in [0.29, 0.717) is 0 Å². The lowest BCUT2D eigenvalue weighted by atomic mass is 10.1. The van der Waals surface area contributed by atoms with Gasteiger partial charge in [-0.1, -0.05) is 6.42 Å². The first-order valence-electron chi connectivity index (χ1n) is 8.61. The molecule has 0 radical (unpaired) electrons. The molecular formula is C17H28N4O. The molecule has 2 aliphatic rings. The predicted octanol–water partition coefficient (Wildman–Crippen LogP) is 2.17. The molecule has 1 atom stereocenters. The molecule has 1 unspecified atom stereocenters. The number of piperidine rings is 1. The van der Waals surface area contributed by atoms with Crippen molar-refractivity contribution in [1.29, 1.82) is 0 Å². The van der Waals surface area contributed by atoms with Gasteiger partial charge in [0.2, 0.25) is 0 Å². The summed E-state index contributed by atoms with van der Waals surface area (Å²) in [6.07, 6.45) is 7.23. The summed E-state index contributed by atoms with van der Waals surface area (Å²) in [6, 6.07) is 0. The lowest BCUT2D eigenvalue weighted by Crippen LogP contribution is -2.42. The van der Waals surface area contributed by atoms with Crippen molar-refractivity contribution in [3.05, 3.63) is 17.6 Å². The number of hydrogen-bond acceptors (Lipinski definition) is 5. The average Bonchev–Trinajstić information content (AvgIpc) is 2.76. The topological polar surface area (TPSA) is 41.5 Å². The average molecular weight is 304 g/mol. The minimum atomic E-state index is 0.280. The molecule has 122 valence electrons. The van der Waals surface area contributed by atoms with Gasteiger partial charge in [-0.05, 0) is 46.2 Å². The number of rotatable bonds is 3. The van der Waals surface area contributed by atoms with Crippen molar-refractivity contribution >= 4 is 5.82 Å². The maximum absolute atomic E-state index is 6.10. The van der Waals surface area contributed by atoms with Crippen LogP contribution < -0.4 is 4.90 Å². The van der Waals surface area contributed by atoms with Gasteiger partial charge in [0.25, 0.3) is 0 Å². The van der Waals surface area contributed by atoms with E-state index in [0.717, 1.165) is 49.9 Å². The van der Waals surface area contributed by atoms with Crippen molar-refractivity contribution in [3.8, 4) is 0 Å². The zero-order valence-corrected chi connectivity index (χ0v) is 13.9. The fourth-order valence-corrected chi connectivity index (χ4v) is 3.45. The summed E-state index contributed by atoms with van der Waals surface area (Å²) in [5.74, 6) is 1.04. The van der Waals surface area contributed by atoms with E-state index in [1.54, 1.807) is 0 Å². The van der Waals surface area contributed by atoms with E-state index in [1.807, 2.05) is 20.0 Å². The summed E-state index contributed by atoms with van der Waals surface area (Å²) in [5, 5.41) is 0. The Kier molecular flexibility index (Phi) is 5.26. The SMILES string of the molecule is Cc1cnc(C)c(N2CCCOC(CN3CCCCC3)C2)n1. The third kappa shape index (κ3) is 3.96. The molecule has 1 aromatic rings. The van der Waals surface area contributed by atoms with Crippen molar-refractivity contribution in [1.82, 2.24) is 14.9 Å². The number of ether oxygens (including phenoxy) is 1. The Bertz CT molecular complexity index is 488. The van der Waals surface area contributed by atoms with Gasteiger partial charge in [0.1, 0.15) is 5.82 Å². The van der Waals surface area contributed by atoms with Gasteiger partial charge in [-0.15, -0.1) is 0 Å². The van der Waals surface area contributed by atoms with Crippen LogP contribution in [0.3, 0.4) is 0 Å². The monoisotopic (exact) mass is 304 g/mol. The first kappa shape index (κ1) is 15.7. The predicted molar refractivity (Wildman–Crippen MR) is 88.4 cm³/mol. The first-order chi connectivity index (χ1) is 10.7. The van der Waals surface area contributed by atoms with E-state index in [2.05, 4.69) is 14.8 Å². The van der Waals surface area contributed by atoms with Crippen molar-refractivity contribution in [2.24, 2.45) is 0 Å². The highest BCUT2D eigenvalue weighted by Crippen LogP contribution is 2.20. The van der Waals surface area contributed by atoms with Crippen molar-refractivity contribution in [2.75, 3.05) is 44.2 Å². The Hall–Kier alpha value is -1.20. The summed E-state index contributed by atoms with van der Waals surface area (Å²) in [4.78, 5) is 14.1. The molecule has 2 fully saturated rings. The molecule has 22 heavy (non-hydrogen) atoms. The Morgan fingerprint density at radius 2 is 1.95 bits per heavy atom. The number of aryl methyl sites for hydroxylation is 2. The van der Waals surface area contributed by atoms with Crippen molar-refractivity contribution < 1.29 is 4.74 Å². The number of hydrogen-bond donors (Lipinski definition) is 0. The molecule has 0 aliphatic carbocycles. The van der Waals surface area contributed by atoms with Gasteiger partial charge in [-0.25, -0.2) is 4.98 Å². The molecule has 0 amide bonds. The molecule has 1 aromatic heterocycles. The largest absolute Gasteiger partial charge is 0.375 e. The van der Waals surface area contributed by atoms with Crippen LogP contribution in [-0.4, -0.2) is 60.3 Å². The zero-order valence-electron chi connectivity index (χ0n) is 13.9. The Morgan fingerprint density at radius 3 is 2.77 bits per heavy atom. The first-order valence-corrected chi connectivity index (χ1v) is 8.61. The van der Waals surface area contributed by atoms with Gasteiger partial charge in [0.05, 0.1) is 17.5 Å². The van der Waals surface area contributed by atoms with Crippen LogP contribution in [0, 0.1) is 13.8 Å². The highest BCUT2D eigenvalue weighted by molar-refractivity contribution is 5.43. The van der Waals surface area contributed by atoms with Crippen LogP contribution in [0.4, 0.5) is 5.82 Å². The van der Waals surface area contributed by atoms with Crippen LogP contribution in [0.25, 0.3) is 0 Å². The summed E-state index contributed by atoms with van der Waals surface area (Å²) in [5.41, 5.74) is 2.00. The van der Waals surface area contributed by atoms with Crippen LogP contribution in [0.15, 0.2) is 6.20 Å². The standard InChI is InChI=1S/C17H28N4O/c1-14-11-18-15(2)17(19-14)21-9-6-10-22-16(13-21)12-20-7-4-3-5-8-20/h11,16H,3-10,12-13H2,1-2H3. The van der Waals surface area contributed by atoms with Gasteiger partial charge in [0.15, 0.2) is 0 Å². The fourth-order valence-electron chi connectivity index (χ4n) is 3.45. The number of anilines is 1. The van der Waals surface area contributed by atoms with Gasteiger partial charge in [0, 0.05) is 32.4 Å². The Morgan fingerprint density at radius 1 is 1.14 bits per heavy atom. The second kappa shape index (κ2) is 7.38. The molecule has 3 heterocycles. The molecule has 2 saturated heterocycles. The highest BCUT2D eigenvalue weighted by atomic mass is 16.5. The van der Waals surface area contributed by atoms with Gasteiger partial charge >= 0.3 is 0 Å². The summed E-state index contributed by atoms with van der Waals surface area (Å²) in [6.45, 7) is 10.3. The molecule has 0 saturated carbocycles. The Balaban J connectivity index is 1.67. The second-order valence-corrected chi connectivity index (χ2v) is 6.57. The van der Waals surface area contributed by atoms with E-state index < -0.39 is 0 Å². The lowest BCUT2D eigenvalue weighted by molar-refractivity contribution is 0.0350. The molecule has 3 rings (SSSR count). The molecular weight excluding hydrogens is 276 g/mol. The van der Waals surface area contributed by atoms with Gasteiger partial charge < -0.3 is 14.5 Å². The van der Waals surface area contributed by atoms with Crippen molar-refractivity contribution in [3.63, 3.8) is 0 Å². The number of likely N-dealkylation sites (tertiary alicyclic amines) is 1. The maximum atomic E-state index is 6.10. The van der Waals surface area contributed by atoms with Crippen LogP contribution >= 0.6 is 0 Å². The molecule has 0 N–H and O–H groups in total. The third-order valence-electron chi connectivity index (χ3n) is 4.61. The minimum Gasteiger partial charge on any atom is -0.375 e. The fraction of sp³-hybridized carbons (Fsp3) is 0.765. The van der Waals surface area contributed by atoms with Crippen LogP contribution in [0.1, 0.15) is 37.1 Å². The Labute approximate surface area is 133 Å². The summed E-state index contributed by atoms with van der Waals surface area (Å²) < 4.78 is 6.10. The van der Waals surface area contributed by atoms with E-state index in [4.69, 9.17) is 9.72 Å².